The van der Waals surface area contributed by atoms with Crippen molar-refractivity contribution in [3.8, 4) is 5.75 Å². The Labute approximate surface area is 127 Å². The summed E-state index contributed by atoms with van der Waals surface area (Å²) < 4.78 is 5.49. The van der Waals surface area contributed by atoms with Gasteiger partial charge in [-0.15, -0.1) is 0 Å². The number of hydrogen-bond donors (Lipinski definition) is 1. The molecule has 0 spiro atoms. The highest BCUT2D eigenvalue weighted by Crippen LogP contribution is 2.27. The Bertz CT molecular complexity index is 490. The number of aliphatic hydroxyl groups excluding tert-OH is 1. The molecule has 4 heteroatoms. The van der Waals surface area contributed by atoms with Crippen molar-refractivity contribution in [2.45, 2.75) is 38.5 Å². The number of benzene rings is 1. The maximum absolute atomic E-state index is 9.78. The fraction of sp³-hybridized carbons (Fsp3) is 0.647. The maximum atomic E-state index is 9.78. The van der Waals surface area contributed by atoms with Crippen molar-refractivity contribution in [3.63, 3.8) is 0 Å². The number of methoxy groups -OCH3 is 1. The number of aliphatic hydroxyl groups is 1. The molecule has 0 saturated carbocycles. The van der Waals surface area contributed by atoms with Crippen molar-refractivity contribution < 1.29 is 9.84 Å². The number of piperazine rings is 1. The number of fused-ring (bicyclic) bond motifs is 1. The van der Waals surface area contributed by atoms with E-state index in [2.05, 4.69) is 15.9 Å². The molecular formula is C17H26N2O2. The minimum atomic E-state index is -0.429. The van der Waals surface area contributed by atoms with E-state index in [1.807, 2.05) is 19.1 Å². The van der Waals surface area contributed by atoms with E-state index in [1.54, 1.807) is 7.11 Å². The number of hydrogen-bond acceptors (Lipinski definition) is 4. The molecular weight excluding hydrogens is 264 g/mol. The van der Waals surface area contributed by atoms with Crippen molar-refractivity contribution in [1.82, 2.24) is 9.80 Å². The first-order valence-corrected chi connectivity index (χ1v) is 7.98. The average molecular weight is 290 g/mol. The van der Waals surface area contributed by atoms with Crippen LogP contribution in [-0.2, 0) is 6.54 Å². The summed E-state index contributed by atoms with van der Waals surface area (Å²) in [5.41, 5.74) is 2.15. The number of ether oxygens (including phenoxy) is 1. The molecule has 21 heavy (non-hydrogen) atoms. The Kier molecular flexibility index (Phi) is 4.48. The van der Waals surface area contributed by atoms with Crippen molar-refractivity contribution in [3.05, 3.63) is 29.3 Å². The Hall–Kier alpha value is -1.10. The third-order valence-corrected chi connectivity index (χ3v) is 4.85. The maximum Gasteiger partial charge on any atom is 0.123 e. The number of rotatable bonds is 4. The molecule has 2 atom stereocenters. The Morgan fingerprint density at radius 3 is 2.95 bits per heavy atom. The molecule has 2 unspecified atom stereocenters. The summed E-state index contributed by atoms with van der Waals surface area (Å²) in [4.78, 5) is 5.15. The van der Waals surface area contributed by atoms with Crippen LogP contribution in [0.1, 0.15) is 37.0 Å². The fourth-order valence-corrected chi connectivity index (χ4v) is 3.62. The van der Waals surface area contributed by atoms with Crippen LogP contribution in [0, 0.1) is 0 Å². The molecule has 116 valence electrons. The lowest BCUT2D eigenvalue weighted by Gasteiger charge is -2.37. The number of nitrogens with zero attached hydrogens (tertiary/aromatic N) is 2. The van der Waals surface area contributed by atoms with E-state index >= 15 is 0 Å². The molecule has 1 aromatic rings. The zero-order valence-electron chi connectivity index (χ0n) is 13.1. The van der Waals surface area contributed by atoms with Crippen LogP contribution in [0.5, 0.6) is 5.75 Å². The van der Waals surface area contributed by atoms with Gasteiger partial charge in [0.15, 0.2) is 0 Å². The van der Waals surface area contributed by atoms with Gasteiger partial charge in [0.2, 0.25) is 0 Å². The van der Waals surface area contributed by atoms with E-state index in [-0.39, 0.29) is 0 Å². The summed E-state index contributed by atoms with van der Waals surface area (Å²) in [5.74, 6) is 0.924. The Balaban J connectivity index is 1.72. The van der Waals surface area contributed by atoms with Gasteiger partial charge in [-0.25, -0.2) is 0 Å². The van der Waals surface area contributed by atoms with Gasteiger partial charge in [0.25, 0.3) is 0 Å². The smallest absolute Gasteiger partial charge is 0.123 e. The highest BCUT2D eigenvalue weighted by Gasteiger charge is 2.30. The first-order valence-electron chi connectivity index (χ1n) is 7.98. The predicted octanol–water partition coefficient (Wildman–Crippen LogP) is 2.03. The molecule has 3 rings (SSSR count). The highest BCUT2D eigenvalue weighted by molar-refractivity contribution is 5.38. The monoisotopic (exact) mass is 290 g/mol. The van der Waals surface area contributed by atoms with E-state index in [1.165, 1.54) is 31.5 Å². The van der Waals surface area contributed by atoms with Crippen LogP contribution >= 0.6 is 0 Å². The standard InChI is InChI=1S/C17H26N2O2/c1-13(20)14-5-6-17(21-2)15(10-14)11-18-8-9-19-7-3-4-16(19)12-18/h5-6,10,13,16,20H,3-4,7-9,11-12H2,1-2H3. The van der Waals surface area contributed by atoms with Crippen molar-refractivity contribution in [2.24, 2.45) is 0 Å². The molecule has 2 fully saturated rings. The molecule has 0 amide bonds. The van der Waals surface area contributed by atoms with Crippen LogP contribution in [-0.4, -0.2) is 54.2 Å². The van der Waals surface area contributed by atoms with Gasteiger partial charge in [0.05, 0.1) is 13.2 Å². The molecule has 0 radical (unpaired) electrons. The van der Waals surface area contributed by atoms with E-state index in [0.29, 0.717) is 0 Å². The lowest BCUT2D eigenvalue weighted by atomic mass is 10.0. The third-order valence-electron chi connectivity index (χ3n) is 4.85. The molecule has 0 aliphatic carbocycles. The van der Waals surface area contributed by atoms with Gasteiger partial charge < -0.3 is 9.84 Å². The van der Waals surface area contributed by atoms with Crippen molar-refractivity contribution in [2.75, 3.05) is 33.3 Å². The predicted molar refractivity (Wildman–Crippen MR) is 83.5 cm³/mol. The van der Waals surface area contributed by atoms with Gasteiger partial charge in [-0.05, 0) is 44.0 Å². The third kappa shape index (κ3) is 3.23. The largest absolute Gasteiger partial charge is 0.496 e. The minimum Gasteiger partial charge on any atom is -0.496 e. The molecule has 2 saturated heterocycles. The summed E-state index contributed by atoms with van der Waals surface area (Å²) in [6, 6.07) is 6.75. The van der Waals surface area contributed by atoms with E-state index < -0.39 is 6.10 Å². The zero-order chi connectivity index (χ0) is 14.8. The van der Waals surface area contributed by atoms with E-state index in [9.17, 15) is 5.11 Å². The molecule has 2 heterocycles. The molecule has 0 bridgehead atoms. The van der Waals surface area contributed by atoms with Crippen molar-refractivity contribution >= 4 is 0 Å². The van der Waals surface area contributed by atoms with Crippen LogP contribution in [0.15, 0.2) is 18.2 Å². The Morgan fingerprint density at radius 2 is 2.19 bits per heavy atom. The topological polar surface area (TPSA) is 35.9 Å². The summed E-state index contributed by atoms with van der Waals surface area (Å²) in [6.07, 6.45) is 2.25. The van der Waals surface area contributed by atoms with Crippen molar-refractivity contribution in [1.29, 1.82) is 0 Å². The normalized spacial score (nSPS) is 24.8. The van der Waals surface area contributed by atoms with Gasteiger partial charge in [0.1, 0.15) is 5.75 Å². The molecule has 1 N–H and O–H groups in total. The quantitative estimate of drug-likeness (QED) is 0.920. The SMILES string of the molecule is COc1ccc(C(C)O)cc1CN1CCN2CCCC2C1. The van der Waals surface area contributed by atoms with Gasteiger partial charge in [-0.2, -0.15) is 0 Å². The molecule has 2 aliphatic rings. The average Bonchev–Trinajstić information content (AvgIpc) is 2.94. The summed E-state index contributed by atoms with van der Waals surface area (Å²) in [6.45, 7) is 7.46. The van der Waals surface area contributed by atoms with Crippen LogP contribution < -0.4 is 4.74 Å². The van der Waals surface area contributed by atoms with E-state index in [4.69, 9.17) is 4.74 Å². The first-order chi connectivity index (χ1) is 10.2. The molecule has 0 aromatic heterocycles. The van der Waals surface area contributed by atoms with Crippen LogP contribution in [0.3, 0.4) is 0 Å². The summed E-state index contributed by atoms with van der Waals surface area (Å²) >= 11 is 0. The second-order valence-corrected chi connectivity index (χ2v) is 6.31. The van der Waals surface area contributed by atoms with Crippen LogP contribution in [0.4, 0.5) is 0 Å². The highest BCUT2D eigenvalue weighted by atomic mass is 16.5. The summed E-state index contributed by atoms with van der Waals surface area (Å²) in [5, 5.41) is 9.78. The molecule has 2 aliphatic heterocycles. The second-order valence-electron chi connectivity index (χ2n) is 6.31. The van der Waals surface area contributed by atoms with Crippen LogP contribution in [0.25, 0.3) is 0 Å². The molecule has 1 aromatic carbocycles. The lowest BCUT2D eigenvalue weighted by Crippen LogP contribution is -2.49. The Morgan fingerprint density at radius 1 is 1.33 bits per heavy atom. The first kappa shape index (κ1) is 14.8. The van der Waals surface area contributed by atoms with Gasteiger partial charge >= 0.3 is 0 Å². The van der Waals surface area contributed by atoms with Gasteiger partial charge in [-0.3, -0.25) is 9.80 Å². The van der Waals surface area contributed by atoms with Gasteiger partial charge in [-0.1, -0.05) is 6.07 Å². The van der Waals surface area contributed by atoms with E-state index in [0.717, 1.165) is 37.0 Å². The summed E-state index contributed by atoms with van der Waals surface area (Å²) in [7, 11) is 1.72. The fourth-order valence-electron chi connectivity index (χ4n) is 3.62. The zero-order valence-corrected chi connectivity index (χ0v) is 13.1. The van der Waals surface area contributed by atoms with Crippen LogP contribution in [0.2, 0.25) is 0 Å². The second kappa shape index (κ2) is 6.34. The van der Waals surface area contributed by atoms with Gasteiger partial charge in [0, 0.05) is 37.8 Å². The lowest BCUT2D eigenvalue weighted by molar-refractivity contribution is 0.0986. The minimum absolute atomic E-state index is 0.429. The molecule has 4 nitrogen and oxygen atoms in total.